The number of nitro groups is 1. The van der Waals surface area contributed by atoms with Crippen molar-refractivity contribution in [2.24, 2.45) is 0 Å². The number of non-ortho nitro benzene ring substituents is 1. The molecule has 1 aromatic rings. The van der Waals surface area contributed by atoms with Gasteiger partial charge in [-0.2, -0.15) is 0 Å². The molecule has 0 aromatic heterocycles. The zero-order chi connectivity index (χ0) is 40.9. The van der Waals surface area contributed by atoms with E-state index in [-0.39, 0.29) is 11.4 Å². The van der Waals surface area contributed by atoms with E-state index in [4.69, 9.17) is 28.4 Å². The summed E-state index contributed by atoms with van der Waals surface area (Å²) in [6.07, 6.45) is -26.0. The number of aliphatic carboxylic acids is 1. The average Bonchev–Trinajstić information content (AvgIpc) is 3.13. The zero-order valence-corrected chi connectivity index (χ0v) is 29.2. The number of aliphatic hydroxyl groups excluding tert-OH is 9. The highest BCUT2D eigenvalue weighted by molar-refractivity contribution is 5.76. The van der Waals surface area contributed by atoms with E-state index in [1.165, 1.54) is 12.1 Å². The van der Waals surface area contributed by atoms with Crippen molar-refractivity contribution in [3.8, 4) is 5.75 Å². The highest BCUT2D eigenvalue weighted by Gasteiger charge is 2.60. The molecule has 0 unspecified atom stereocenters. The third-order valence-electron chi connectivity index (χ3n) is 9.15. The number of nitrogens with zero attached hydrogens (tertiary/aromatic N) is 1. The lowest BCUT2D eigenvalue weighted by atomic mass is 9.88. The first kappa shape index (κ1) is 44.0. The molecule has 55 heavy (non-hydrogen) atoms. The van der Waals surface area contributed by atoms with Crippen LogP contribution in [-0.2, 0) is 38.1 Å². The number of nitro benzene ring substituents is 1. The Hall–Kier alpha value is -3.73. The van der Waals surface area contributed by atoms with E-state index in [1.54, 1.807) is 0 Å². The van der Waals surface area contributed by atoms with Crippen LogP contribution < -0.4 is 15.4 Å². The Bertz CT molecular complexity index is 1490. The quantitative estimate of drug-likeness (QED) is 0.0580. The van der Waals surface area contributed by atoms with Crippen LogP contribution in [0.3, 0.4) is 0 Å². The van der Waals surface area contributed by atoms with E-state index in [0.29, 0.717) is 0 Å². The van der Waals surface area contributed by atoms with Crippen molar-refractivity contribution in [1.82, 2.24) is 10.6 Å². The first-order valence-corrected chi connectivity index (χ1v) is 16.8. The maximum atomic E-state index is 12.8. The Morgan fingerprint density at radius 3 is 2.00 bits per heavy atom. The van der Waals surface area contributed by atoms with Gasteiger partial charge in [0.2, 0.25) is 18.1 Å². The number of hydrogen-bond acceptors (Lipinski definition) is 20. The largest absolute Gasteiger partial charge is 0.477 e. The van der Waals surface area contributed by atoms with Crippen molar-refractivity contribution in [2.75, 3.05) is 19.8 Å². The molecular weight excluding hydrogens is 750 g/mol. The van der Waals surface area contributed by atoms with Gasteiger partial charge in [0.05, 0.1) is 36.9 Å². The summed E-state index contributed by atoms with van der Waals surface area (Å²) in [6, 6.07) is 1.56. The summed E-state index contributed by atoms with van der Waals surface area (Å²) in [5, 5.41) is 122. The van der Waals surface area contributed by atoms with Crippen molar-refractivity contribution < 1.29 is 98.8 Å². The summed E-state index contributed by atoms with van der Waals surface area (Å²) in [5.41, 5.74) is -0.274. The lowest BCUT2D eigenvalue weighted by Crippen LogP contribution is -2.71. The molecule has 0 aliphatic carbocycles. The van der Waals surface area contributed by atoms with E-state index in [1.807, 2.05) is 0 Å². The first-order valence-electron chi connectivity index (χ1n) is 16.8. The standard InChI is InChI=1S/C31H45N3O21/c1-11(38)32-19-15(40)7-31(30(46)47,54-26(19)21(42)16(41)8-35)55-27-22(43)17(9-36)51-29(24(27)45)53-25-18(10-37)52-28(20(23(25)44)33-12(2)39)50-14-5-3-13(4-6-14)34(48)49/h3-6,15-29,35-37,40-45H,7-10H2,1-2H3,(H,32,38)(H,33,39)(H,46,47)/t15-,16+,17+,18+,19+,20+,21+,22-,23+,24+,25+,26+,27-,28+,29-,31-/m0/s1. The van der Waals surface area contributed by atoms with Crippen LogP contribution in [0.15, 0.2) is 24.3 Å². The molecule has 3 fully saturated rings. The molecule has 24 nitrogen and oxygen atoms in total. The van der Waals surface area contributed by atoms with Gasteiger partial charge in [-0.25, -0.2) is 4.79 Å². The summed E-state index contributed by atoms with van der Waals surface area (Å²) < 4.78 is 34.1. The molecule has 1 aromatic carbocycles. The number of carbonyl (C=O) groups is 3. The monoisotopic (exact) mass is 795 g/mol. The highest BCUT2D eigenvalue weighted by atomic mass is 16.8. The molecule has 3 heterocycles. The molecule has 3 aliphatic rings. The second kappa shape index (κ2) is 18.5. The van der Waals surface area contributed by atoms with E-state index in [9.17, 15) is 75.6 Å². The molecule has 24 heteroatoms. The maximum absolute atomic E-state index is 12.8. The van der Waals surface area contributed by atoms with Gasteiger partial charge >= 0.3 is 5.97 Å². The molecule has 0 saturated carbocycles. The third kappa shape index (κ3) is 9.81. The Morgan fingerprint density at radius 2 is 1.47 bits per heavy atom. The van der Waals surface area contributed by atoms with Gasteiger partial charge in [0, 0.05) is 32.4 Å². The number of aliphatic hydroxyl groups is 9. The molecular formula is C31H45N3O21. The molecule has 3 aliphatic heterocycles. The van der Waals surface area contributed by atoms with Crippen LogP contribution in [0.2, 0.25) is 0 Å². The highest BCUT2D eigenvalue weighted by Crippen LogP contribution is 2.38. The molecule has 0 spiro atoms. The van der Waals surface area contributed by atoms with E-state index in [0.717, 1.165) is 26.0 Å². The number of carboxylic acids is 1. The Kier molecular flexibility index (Phi) is 14.8. The third-order valence-corrected chi connectivity index (χ3v) is 9.15. The number of ether oxygens (including phenoxy) is 6. The van der Waals surface area contributed by atoms with E-state index >= 15 is 0 Å². The minimum Gasteiger partial charge on any atom is -0.477 e. The molecule has 4 rings (SSSR count). The maximum Gasteiger partial charge on any atom is 0.364 e. The molecule has 310 valence electrons. The molecule has 2 amide bonds. The van der Waals surface area contributed by atoms with Crippen LogP contribution >= 0.6 is 0 Å². The minimum absolute atomic E-state index is 0.00792. The Morgan fingerprint density at radius 1 is 0.891 bits per heavy atom. The summed E-state index contributed by atoms with van der Waals surface area (Å²) in [7, 11) is 0. The average molecular weight is 796 g/mol. The van der Waals surface area contributed by atoms with Gasteiger partial charge in [0.15, 0.2) is 6.29 Å². The van der Waals surface area contributed by atoms with Crippen molar-refractivity contribution >= 4 is 23.5 Å². The second-order valence-corrected chi connectivity index (χ2v) is 13.1. The molecule has 0 radical (unpaired) electrons. The summed E-state index contributed by atoms with van der Waals surface area (Å²) in [5.74, 6) is -6.56. The Labute approximate surface area is 310 Å². The lowest BCUT2D eigenvalue weighted by molar-refractivity contribution is -0.384. The SMILES string of the molecule is CC(=O)N[C@H]1[C@H](Oc2ccc([N+](=O)[O-])cc2)O[C@H](CO)[C@@H](O[C@@H]2O[C@H](CO)[C@H](O)[C@H](O[C@]3(C(=O)O)C[C@H](O)[C@@H](NC(C)=O)[C@H]([C@H](O)[C@H](O)CO)O3)[C@H]2O)[C@@H]1O. The molecule has 3 saturated heterocycles. The van der Waals surface area contributed by atoms with Crippen molar-refractivity contribution in [3.05, 3.63) is 34.4 Å². The minimum atomic E-state index is -3.08. The Balaban J connectivity index is 1.63. The van der Waals surface area contributed by atoms with Gasteiger partial charge in [-0.05, 0) is 12.1 Å². The van der Waals surface area contributed by atoms with Crippen molar-refractivity contribution in [1.29, 1.82) is 0 Å². The number of hydrogen-bond donors (Lipinski definition) is 12. The number of nitrogens with one attached hydrogen (secondary N) is 2. The number of benzene rings is 1. The number of carbonyl (C=O) groups excluding carboxylic acids is 2. The van der Waals surface area contributed by atoms with Gasteiger partial charge in [-0.15, -0.1) is 0 Å². The number of carboxylic acid groups (broad SMARTS) is 1. The van der Waals surface area contributed by atoms with E-state index < -0.39 is 147 Å². The summed E-state index contributed by atoms with van der Waals surface area (Å²) in [6.45, 7) is -0.882. The van der Waals surface area contributed by atoms with Crippen LogP contribution in [0.25, 0.3) is 0 Å². The predicted octanol–water partition coefficient (Wildman–Crippen LogP) is -6.08. The van der Waals surface area contributed by atoms with Gasteiger partial charge in [-0.1, -0.05) is 0 Å². The normalized spacial score (nSPS) is 37.6. The fourth-order valence-electron chi connectivity index (χ4n) is 6.43. The van der Waals surface area contributed by atoms with E-state index in [2.05, 4.69) is 10.6 Å². The topological polar surface area (TPSA) is 376 Å². The van der Waals surface area contributed by atoms with Crippen LogP contribution in [0.1, 0.15) is 20.3 Å². The smallest absolute Gasteiger partial charge is 0.364 e. The van der Waals surface area contributed by atoms with Gasteiger partial charge in [0.25, 0.3) is 11.5 Å². The van der Waals surface area contributed by atoms with Gasteiger partial charge < -0.3 is 90.1 Å². The number of amides is 2. The second-order valence-electron chi connectivity index (χ2n) is 13.1. The molecule has 0 bridgehead atoms. The molecule has 12 N–H and O–H groups in total. The van der Waals surface area contributed by atoms with Crippen LogP contribution in [0, 0.1) is 10.1 Å². The number of rotatable bonds is 15. The fraction of sp³-hybridized carbons (Fsp3) is 0.710. The van der Waals surface area contributed by atoms with Gasteiger partial charge in [0.1, 0.15) is 72.8 Å². The van der Waals surface area contributed by atoms with Crippen molar-refractivity contribution in [3.63, 3.8) is 0 Å². The predicted molar refractivity (Wildman–Crippen MR) is 173 cm³/mol. The zero-order valence-electron chi connectivity index (χ0n) is 29.2. The van der Waals surface area contributed by atoms with Crippen LogP contribution in [-0.4, -0.2) is 191 Å². The lowest BCUT2D eigenvalue weighted by Gasteiger charge is -2.50. The summed E-state index contributed by atoms with van der Waals surface area (Å²) >= 11 is 0. The fourth-order valence-corrected chi connectivity index (χ4v) is 6.43. The first-order chi connectivity index (χ1) is 25.9. The molecule has 16 atom stereocenters. The van der Waals surface area contributed by atoms with Crippen LogP contribution in [0.5, 0.6) is 5.75 Å². The van der Waals surface area contributed by atoms with Gasteiger partial charge in [-0.3, -0.25) is 19.7 Å². The van der Waals surface area contributed by atoms with Crippen LogP contribution in [0.4, 0.5) is 5.69 Å². The summed E-state index contributed by atoms with van der Waals surface area (Å²) in [4.78, 5) is 47.2. The van der Waals surface area contributed by atoms with Crippen molar-refractivity contribution in [2.45, 2.75) is 118 Å².